The normalized spacial score (nSPS) is 29.1. The van der Waals surface area contributed by atoms with Gasteiger partial charge in [-0.3, -0.25) is 4.79 Å². The molecule has 1 amide bonds. The number of rotatable bonds is 4. The molecular formula is C14H27N3O. The maximum atomic E-state index is 11.9. The smallest absolute Gasteiger partial charge is 0.220 e. The van der Waals surface area contributed by atoms with Crippen LogP contribution in [0.4, 0.5) is 0 Å². The molecule has 18 heavy (non-hydrogen) atoms. The maximum absolute atomic E-state index is 11.9. The third-order valence-electron chi connectivity index (χ3n) is 4.18. The first kappa shape index (κ1) is 13.8. The third-order valence-corrected chi connectivity index (χ3v) is 4.18. The number of piperidine rings is 1. The highest BCUT2D eigenvalue weighted by atomic mass is 16.1. The van der Waals surface area contributed by atoms with Crippen LogP contribution in [0.5, 0.6) is 0 Å². The predicted molar refractivity (Wildman–Crippen MR) is 73.3 cm³/mol. The van der Waals surface area contributed by atoms with E-state index >= 15 is 0 Å². The zero-order valence-corrected chi connectivity index (χ0v) is 11.7. The largest absolute Gasteiger partial charge is 0.353 e. The van der Waals surface area contributed by atoms with Gasteiger partial charge >= 0.3 is 0 Å². The molecule has 3 N–H and O–H groups in total. The maximum Gasteiger partial charge on any atom is 0.220 e. The number of carbonyl (C=O) groups is 1. The lowest BCUT2D eigenvalue weighted by molar-refractivity contribution is -0.122. The lowest BCUT2D eigenvalue weighted by Gasteiger charge is -2.35. The van der Waals surface area contributed by atoms with Crippen LogP contribution in [-0.2, 0) is 4.79 Å². The lowest BCUT2D eigenvalue weighted by Crippen LogP contribution is -2.47. The van der Waals surface area contributed by atoms with Crippen molar-refractivity contribution in [2.24, 2.45) is 5.73 Å². The fourth-order valence-corrected chi connectivity index (χ4v) is 3.09. The van der Waals surface area contributed by atoms with Crippen LogP contribution in [0.2, 0.25) is 0 Å². The van der Waals surface area contributed by atoms with Crippen molar-refractivity contribution in [3.63, 3.8) is 0 Å². The number of hydrogen-bond donors (Lipinski definition) is 2. The summed E-state index contributed by atoms with van der Waals surface area (Å²) >= 11 is 0. The molecule has 2 aliphatic heterocycles. The van der Waals surface area contributed by atoms with E-state index in [2.05, 4.69) is 10.2 Å². The Morgan fingerprint density at radius 3 is 2.89 bits per heavy atom. The molecule has 2 rings (SSSR count). The summed E-state index contributed by atoms with van der Waals surface area (Å²) in [5.74, 6) is 0.171. The van der Waals surface area contributed by atoms with Gasteiger partial charge in [-0.25, -0.2) is 0 Å². The topological polar surface area (TPSA) is 58.4 Å². The van der Waals surface area contributed by atoms with E-state index in [0.29, 0.717) is 12.5 Å². The molecule has 0 bridgehead atoms. The van der Waals surface area contributed by atoms with Crippen LogP contribution >= 0.6 is 0 Å². The van der Waals surface area contributed by atoms with E-state index in [4.69, 9.17) is 5.73 Å². The molecule has 2 aliphatic rings. The molecule has 0 aromatic heterocycles. The van der Waals surface area contributed by atoms with Crippen LogP contribution in [0.3, 0.4) is 0 Å². The fraction of sp³-hybridized carbons (Fsp3) is 0.929. The SMILES string of the molecule is CC(C)(N)CCC(=O)NC1CCN2CCCC2C1. The third kappa shape index (κ3) is 3.95. The van der Waals surface area contributed by atoms with Gasteiger partial charge in [0, 0.05) is 30.6 Å². The van der Waals surface area contributed by atoms with E-state index in [1.807, 2.05) is 13.8 Å². The first-order chi connectivity index (χ1) is 8.44. The molecule has 0 saturated carbocycles. The molecule has 2 saturated heterocycles. The van der Waals surface area contributed by atoms with Gasteiger partial charge in [0.15, 0.2) is 0 Å². The van der Waals surface area contributed by atoms with Crippen molar-refractivity contribution in [2.45, 2.75) is 70.0 Å². The van der Waals surface area contributed by atoms with Crippen molar-refractivity contribution < 1.29 is 4.79 Å². The zero-order valence-electron chi connectivity index (χ0n) is 11.7. The Hall–Kier alpha value is -0.610. The number of fused-ring (bicyclic) bond motifs is 1. The molecule has 0 aliphatic carbocycles. The first-order valence-corrected chi connectivity index (χ1v) is 7.26. The summed E-state index contributed by atoms with van der Waals surface area (Å²) in [5, 5.41) is 3.18. The van der Waals surface area contributed by atoms with Crippen molar-refractivity contribution >= 4 is 5.91 Å². The van der Waals surface area contributed by atoms with E-state index in [-0.39, 0.29) is 11.4 Å². The van der Waals surface area contributed by atoms with Crippen LogP contribution in [0.15, 0.2) is 0 Å². The van der Waals surface area contributed by atoms with Gasteiger partial charge in [0.05, 0.1) is 0 Å². The summed E-state index contributed by atoms with van der Waals surface area (Å²) in [6.07, 6.45) is 6.18. The highest BCUT2D eigenvalue weighted by Crippen LogP contribution is 2.26. The second-order valence-corrected chi connectivity index (χ2v) is 6.61. The molecule has 0 spiro atoms. The molecule has 0 aromatic rings. The lowest BCUT2D eigenvalue weighted by atomic mass is 9.96. The van der Waals surface area contributed by atoms with Gasteiger partial charge in [0.1, 0.15) is 0 Å². The Kier molecular flexibility index (Phi) is 4.28. The number of amides is 1. The van der Waals surface area contributed by atoms with Gasteiger partial charge in [-0.2, -0.15) is 0 Å². The Morgan fingerprint density at radius 2 is 2.17 bits per heavy atom. The minimum atomic E-state index is -0.244. The van der Waals surface area contributed by atoms with E-state index in [9.17, 15) is 4.79 Å². The van der Waals surface area contributed by atoms with Crippen molar-refractivity contribution in [3.05, 3.63) is 0 Å². The summed E-state index contributed by atoms with van der Waals surface area (Å²) in [7, 11) is 0. The molecule has 2 fully saturated rings. The van der Waals surface area contributed by atoms with Crippen molar-refractivity contribution in [1.29, 1.82) is 0 Å². The molecule has 4 nitrogen and oxygen atoms in total. The molecule has 4 heteroatoms. The van der Waals surface area contributed by atoms with Gasteiger partial charge in [-0.05, 0) is 52.5 Å². The molecule has 0 radical (unpaired) electrons. The van der Waals surface area contributed by atoms with Gasteiger partial charge < -0.3 is 16.0 Å². The standard InChI is InChI=1S/C14H27N3O/c1-14(2,15)7-5-13(18)16-11-6-9-17-8-3-4-12(17)10-11/h11-12H,3-10,15H2,1-2H3,(H,16,18). The molecule has 2 atom stereocenters. The highest BCUT2D eigenvalue weighted by molar-refractivity contribution is 5.76. The van der Waals surface area contributed by atoms with Crippen LogP contribution in [0.1, 0.15) is 52.4 Å². The van der Waals surface area contributed by atoms with Gasteiger partial charge in [0.2, 0.25) is 5.91 Å². The minimum Gasteiger partial charge on any atom is -0.353 e. The summed E-state index contributed by atoms with van der Waals surface area (Å²) in [4.78, 5) is 14.4. The van der Waals surface area contributed by atoms with E-state index in [1.165, 1.54) is 19.4 Å². The van der Waals surface area contributed by atoms with Crippen LogP contribution in [-0.4, -0.2) is 41.5 Å². The average Bonchev–Trinajstić information content (AvgIpc) is 2.72. The Morgan fingerprint density at radius 1 is 1.39 bits per heavy atom. The number of hydrogen-bond acceptors (Lipinski definition) is 3. The van der Waals surface area contributed by atoms with Gasteiger partial charge in [0.25, 0.3) is 0 Å². The van der Waals surface area contributed by atoms with Crippen molar-refractivity contribution in [1.82, 2.24) is 10.2 Å². The molecule has 2 heterocycles. The second kappa shape index (κ2) is 5.57. The van der Waals surface area contributed by atoms with Crippen LogP contribution < -0.4 is 11.1 Å². The van der Waals surface area contributed by atoms with Crippen molar-refractivity contribution in [3.8, 4) is 0 Å². The number of nitrogens with zero attached hydrogens (tertiary/aromatic N) is 1. The monoisotopic (exact) mass is 253 g/mol. The number of nitrogens with one attached hydrogen (secondary N) is 1. The Labute approximate surface area is 110 Å². The van der Waals surface area contributed by atoms with Crippen LogP contribution in [0.25, 0.3) is 0 Å². The summed E-state index contributed by atoms with van der Waals surface area (Å²) < 4.78 is 0. The van der Waals surface area contributed by atoms with Crippen LogP contribution in [0, 0.1) is 0 Å². The zero-order chi connectivity index (χ0) is 13.2. The fourth-order valence-electron chi connectivity index (χ4n) is 3.09. The first-order valence-electron chi connectivity index (χ1n) is 7.26. The Balaban J connectivity index is 1.71. The highest BCUT2D eigenvalue weighted by Gasteiger charge is 2.32. The number of carbonyl (C=O) groups excluding carboxylic acids is 1. The van der Waals surface area contributed by atoms with Gasteiger partial charge in [-0.1, -0.05) is 0 Å². The predicted octanol–water partition coefficient (Wildman–Crippen LogP) is 1.25. The molecule has 104 valence electrons. The number of nitrogens with two attached hydrogens (primary N) is 1. The van der Waals surface area contributed by atoms with E-state index in [1.54, 1.807) is 0 Å². The van der Waals surface area contributed by atoms with Gasteiger partial charge in [-0.15, -0.1) is 0 Å². The summed E-state index contributed by atoms with van der Waals surface area (Å²) in [6.45, 7) is 6.35. The molecule has 0 aromatic carbocycles. The summed E-state index contributed by atoms with van der Waals surface area (Å²) in [5.41, 5.74) is 5.66. The quantitative estimate of drug-likeness (QED) is 0.792. The van der Waals surface area contributed by atoms with E-state index < -0.39 is 0 Å². The van der Waals surface area contributed by atoms with E-state index in [0.717, 1.165) is 31.8 Å². The second-order valence-electron chi connectivity index (χ2n) is 6.61. The Bertz CT molecular complexity index is 298. The minimum absolute atomic E-state index is 0.171. The molecule has 2 unspecified atom stereocenters. The average molecular weight is 253 g/mol. The summed E-state index contributed by atoms with van der Waals surface area (Å²) in [6, 6.07) is 1.10. The molecular weight excluding hydrogens is 226 g/mol. The van der Waals surface area contributed by atoms with Crippen molar-refractivity contribution in [2.75, 3.05) is 13.1 Å².